The molecule has 0 bridgehead atoms. The molecule has 0 aliphatic rings. The lowest BCUT2D eigenvalue weighted by Crippen LogP contribution is -2.19. The summed E-state index contributed by atoms with van der Waals surface area (Å²) in [4.78, 5) is -0.249. The zero-order valence-corrected chi connectivity index (χ0v) is 18.9. The molecule has 0 fully saturated rings. The average Bonchev–Trinajstić information content (AvgIpc) is 2.48. The Hall–Kier alpha value is -1.23. The molecule has 0 saturated carbocycles. The van der Waals surface area contributed by atoms with E-state index in [9.17, 15) is 13.5 Å². The van der Waals surface area contributed by atoms with Crippen LogP contribution in [0.2, 0.25) is 10.0 Å². The van der Waals surface area contributed by atoms with Crippen LogP contribution in [0.15, 0.2) is 35.2 Å². The van der Waals surface area contributed by atoms with Crippen molar-refractivity contribution in [1.82, 2.24) is 0 Å². The van der Waals surface area contributed by atoms with Crippen LogP contribution in [0.4, 0.5) is 0 Å². The molecule has 0 unspecified atom stereocenters. The number of phenols is 1. The van der Waals surface area contributed by atoms with Crippen LogP contribution in [0.25, 0.3) is 0 Å². The topological polar surface area (TPSA) is 54.4 Å². The van der Waals surface area contributed by atoms with E-state index in [4.69, 9.17) is 23.2 Å². The van der Waals surface area contributed by atoms with Crippen LogP contribution in [0.5, 0.6) is 5.75 Å². The highest BCUT2D eigenvalue weighted by Crippen LogP contribution is 2.37. The van der Waals surface area contributed by atoms with E-state index in [1.807, 2.05) is 39.0 Å². The Kier molecular flexibility index (Phi) is 5.97. The maximum Gasteiger partial charge on any atom is 0.186 e. The van der Waals surface area contributed by atoms with Crippen molar-refractivity contribution >= 4 is 33.0 Å². The monoisotopic (exact) mass is 428 g/mol. The summed E-state index contributed by atoms with van der Waals surface area (Å²) < 4.78 is 26.2. The van der Waals surface area contributed by atoms with Crippen LogP contribution in [0.1, 0.15) is 58.2 Å². The lowest BCUT2D eigenvalue weighted by Gasteiger charge is -2.27. The molecule has 2 aromatic rings. The molecule has 3 nitrogen and oxygen atoms in total. The van der Waals surface area contributed by atoms with Gasteiger partial charge in [-0.1, -0.05) is 82.9 Å². The van der Waals surface area contributed by atoms with Gasteiger partial charge < -0.3 is 5.11 Å². The first kappa shape index (κ1) is 22.1. The summed E-state index contributed by atoms with van der Waals surface area (Å²) in [6.45, 7) is 12.4. The summed E-state index contributed by atoms with van der Waals surface area (Å²) in [5.41, 5.74) is 2.37. The summed E-state index contributed by atoms with van der Waals surface area (Å²) in [5, 5.41) is 10.3. The van der Waals surface area contributed by atoms with Gasteiger partial charge in [0.25, 0.3) is 0 Å². The molecule has 0 amide bonds. The molecular weight excluding hydrogens is 403 g/mol. The van der Waals surface area contributed by atoms with Gasteiger partial charge in [0.05, 0.1) is 10.8 Å². The van der Waals surface area contributed by atoms with Crippen LogP contribution in [0.3, 0.4) is 0 Å². The highest BCUT2D eigenvalue weighted by Gasteiger charge is 2.27. The third kappa shape index (κ3) is 4.98. The van der Waals surface area contributed by atoms with Crippen LogP contribution >= 0.6 is 23.2 Å². The quantitative estimate of drug-likeness (QED) is 0.626. The second-order valence-corrected chi connectivity index (χ2v) is 11.7. The molecule has 0 saturated heterocycles. The van der Waals surface area contributed by atoms with Crippen molar-refractivity contribution in [3.8, 4) is 5.75 Å². The summed E-state index contributed by atoms with van der Waals surface area (Å²) >= 11 is 11.9. The molecule has 0 heterocycles. The fraction of sp³-hybridized carbons (Fsp3) is 0.429. The number of halogens is 2. The number of phenolic OH excluding ortho intramolecular Hbond substituents is 1. The predicted molar refractivity (Wildman–Crippen MR) is 113 cm³/mol. The molecule has 0 atom stereocenters. The van der Waals surface area contributed by atoms with Crippen molar-refractivity contribution in [3.05, 3.63) is 57.1 Å². The van der Waals surface area contributed by atoms with E-state index in [1.54, 1.807) is 0 Å². The van der Waals surface area contributed by atoms with Crippen molar-refractivity contribution in [2.45, 2.75) is 63.0 Å². The number of benzene rings is 2. The van der Waals surface area contributed by atoms with Crippen LogP contribution < -0.4 is 0 Å². The molecule has 0 aromatic heterocycles. The summed E-state index contributed by atoms with van der Waals surface area (Å²) in [5.74, 6) is -0.710. The highest BCUT2D eigenvalue weighted by atomic mass is 35.5. The maximum atomic E-state index is 13.1. The SMILES string of the molecule is CC(C)(C)c1ccc(C(C)(C)C)c(CS(=O)(=O)c2cc(Cl)cc(Cl)c2O)c1. The average molecular weight is 429 g/mol. The zero-order valence-electron chi connectivity index (χ0n) is 16.5. The van der Waals surface area contributed by atoms with Gasteiger partial charge in [0.1, 0.15) is 4.90 Å². The van der Waals surface area contributed by atoms with Crippen LogP contribution in [-0.2, 0) is 26.4 Å². The molecule has 2 aromatic carbocycles. The molecule has 0 spiro atoms. The van der Waals surface area contributed by atoms with Gasteiger partial charge in [0.15, 0.2) is 15.6 Å². The maximum absolute atomic E-state index is 13.1. The standard InChI is InChI=1S/C21H26Cl2O3S/c1-20(2,3)14-7-8-16(21(4,5)6)13(9-14)12-27(25,26)18-11-15(22)10-17(23)19(18)24/h7-11,24H,12H2,1-6H3. The molecule has 1 N–H and O–H groups in total. The Balaban J connectivity index is 2.64. The highest BCUT2D eigenvalue weighted by molar-refractivity contribution is 7.90. The molecule has 27 heavy (non-hydrogen) atoms. The lowest BCUT2D eigenvalue weighted by molar-refractivity contribution is 0.459. The van der Waals surface area contributed by atoms with Crippen molar-refractivity contribution in [2.75, 3.05) is 0 Å². The Bertz CT molecular complexity index is 966. The van der Waals surface area contributed by atoms with Gasteiger partial charge in [0, 0.05) is 5.02 Å². The normalized spacial score (nSPS) is 13.0. The second-order valence-electron chi connectivity index (χ2n) is 8.87. The van der Waals surface area contributed by atoms with Gasteiger partial charge in [-0.2, -0.15) is 0 Å². The van der Waals surface area contributed by atoms with E-state index in [0.717, 1.165) is 11.1 Å². The second kappa shape index (κ2) is 7.31. The number of sulfone groups is 1. The predicted octanol–water partition coefficient (Wildman–Crippen LogP) is 6.27. The molecule has 6 heteroatoms. The number of hydrogen-bond acceptors (Lipinski definition) is 3. The van der Waals surface area contributed by atoms with E-state index in [0.29, 0.717) is 5.56 Å². The largest absolute Gasteiger partial charge is 0.505 e. The van der Waals surface area contributed by atoms with E-state index in [1.165, 1.54) is 12.1 Å². The summed E-state index contributed by atoms with van der Waals surface area (Å²) in [6, 6.07) is 8.54. The Labute approximate surface area is 172 Å². The van der Waals surface area contributed by atoms with Crippen molar-refractivity contribution < 1.29 is 13.5 Å². The molecule has 2 rings (SSSR count). The zero-order chi connectivity index (χ0) is 20.8. The minimum absolute atomic E-state index is 0.0828. The van der Waals surface area contributed by atoms with Gasteiger partial charge in [-0.05, 0) is 39.7 Å². The van der Waals surface area contributed by atoms with Gasteiger partial charge in [-0.15, -0.1) is 0 Å². The first-order valence-corrected chi connectivity index (χ1v) is 11.1. The Morgan fingerprint density at radius 3 is 2.04 bits per heavy atom. The van der Waals surface area contributed by atoms with Crippen molar-refractivity contribution in [3.63, 3.8) is 0 Å². The Morgan fingerprint density at radius 1 is 0.926 bits per heavy atom. The molecular formula is C21H26Cl2O3S. The van der Waals surface area contributed by atoms with Gasteiger partial charge in [-0.3, -0.25) is 0 Å². The minimum atomic E-state index is -3.85. The van der Waals surface area contributed by atoms with Crippen molar-refractivity contribution in [2.24, 2.45) is 0 Å². The number of hydrogen-bond donors (Lipinski definition) is 1. The fourth-order valence-corrected chi connectivity index (χ4v) is 5.10. The molecule has 0 radical (unpaired) electrons. The van der Waals surface area contributed by atoms with Crippen molar-refractivity contribution in [1.29, 1.82) is 0 Å². The molecule has 148 valence electrons. The van der Waals surface area contributed by atoms with Crippen LogP contribution in [0, 0.1) is 0 Å². The molecule has 0 aliphatic carbocycles. The van der Waals surface area contributed by atoms with E-state index in [2.05, 4.69) is 20.8 Å². The number of rotatable bonds is 3. The van der Waals surface area contributed by atoms with Crippen LogP contribution in [-0.4, -0.2) is 13.5 Å². The molecule has 0 aliphatic heterocycles. The van der Waals surface area contributed by atoms with Gasteiger partial charge >= 0.3 is 0 Å². The van der Waals surface area contributed by atoms with Gasteiger partial charge in [-0.25, -0.2) is 8.42 Å². The first-order chi connectivity index (χ1) is 12.1. The van der Waals surface area contributed by atoms with Gasteiger partial charge in [0.2, 0.25) is 0 Å². The number of aromatic hydroxyl groups is 1. The third-order valence-corrected chi connectivity index (χ3v) is 6.63. The Morgan fingerprint density at radius 2 is 1.52 bits per heavy atom. The summed E-state index contributed by atoms with van der Waals surface area (Å²) in [7, 11) is -3.85. The van der Waals surface area contributed by atoms with E-state index in [-0.39, 0.29) is 31.5 Å². The first-order valence-electron chi connectivity index (χ1n) is 8.67. The fourth-order valence-electron chi connectivity index (χ4n) is 2.97. The van der Waals surface area contributed by atoms with E-state index >= 15 is 0 Å². The lowest BCUT2D eigenvalue weighted by atomic mass is 9.80. The smallest absolute Gasteiger partial charge is 0.186 e. The minimum Gasteiger partial charge on any atom is -0.505 e. The third-order valence-electron chi connectivity index (χ3n) is 4.45. The summed E-state index contributed by atoms with van der Waals surface area (Å²) in [6.07, 6.45) is 0. The van der Waals surface area contributed by atoms with E-state index < -0.39 is 15.6 Å².